The van der Waals surface area contributed by atoms with E-state index in [1.165, 1.54) is 0 Å². The zero-order chi connectivity index (χ0) is 12.0. The molecule has 4 heteroatoms. The maximum atomic E-state index is 11.8. The Morgan fingerprint density at radius 1 is 1.38 bits per heavy atom. The molecule has 0 heterocycles. The number of nitrogens with two attached hydrogens (primary N) is 1. The minimum absolute atomic E-state index is 0.128. The predicted molar refractivity (Wildman–Crippen MR) is 71.9 cm³/mol. The van der Waals surface area contributed by atoms with Gasteiger partial charge in [-0.15, -0.1) is 0 Å². The molecular formula is C12H18N2OS. The first-order valence-corrected chi connectivity index (χ1v) is 6.50. The molecule has 0 saturated heterocycles. The van der Waals surface area contributed by atoms with Gasteiger partial charge >= 0.3 is 0 Å². The van der Waals surface area contributed by atoms with Gasteiger partial charge in [-0.2, -0.15) is 11.8 Å². The average molecular weight is 238 g/mol. The Morgan fingerprint density at radius 2 is 2.00 bits per heavy atom. The van der Waals surface area contributed by atoms with Crippen LogP contribution in [-0.4, -0.2) is 24.5 Å². The van der Waals surface area contributed by atoms with Gasteiger partial charge in [0.2, 0.25) is 5.91 Å². The molecule has 1 aromatic rings. The Bertz CT molecular complexity index is 337. The number of rotatable bonds is 5. The number of anilines is 2. The van der Waals surface area contributed by atoms with Crippen molar-refractivity contribution in [2.24, 2.45) is 0 Å². The molecule has 1 amide bonds. The molecule has 0 radical (unpaired) electrons. The Labute approximate surface area is 101 Å². The monoisotopic (exact) mass is 238 g/mol. The third-order valence-corrected chi connectivity index (χ3v) is 3.38. The van der Waals surface area contributed by atoms with Crippen LogP contribution in [-0.2, 0) is 4.79 Å². The van der Waals surface area contributed by atoms with E-state index in [9.17, 15) is 4.79 Å². The van der Waals surface area contributed by atoms with Gasteiger partial charge < -0.3 is 10.6 Å². The van der Waals surface area contributed by atoms with E-state index in [0.717, 1.165) is 17.9 Å². The molecule has 0 aliphatic rings. The Morgan fingerprint density at radius 3 is 2.56 bits per heavy atom. The third kappa shape index (κ3) is 3.77. The van der Waals surface area contributed by atoms with Crippen LogP contribution in [0.2, 0.25) is 0 Å². The van der Waals surface area contributed by atoms with E-state index in [1.807, 2.05) is 12.1 Å². The van der Waals surface area contributed by atoms with Gasteiger partial charge in [0.25, 0.3) is 0 Å². The molecule has 3 nitrogen and oxygen atoms in total. The van der Waals surface area contributed by atoms with Gasteiger partial charge in [-0.25, -0.2) is 0 Å². The molecule has 16 heavy (non-hydrogen) atoms. The minimum Gasteiger partial charge on any atom is -0.399 e. The van der Waals surface area contributed by atoms with Gasteiger partial charge in [-0.05, 0) is 36.4 Å². The van der Waals surface area contributed by atoms with Gasteiger partial charge in [0.1, 0.15) is 0 Å². The molecule has 0 bridgehead atoms. The molecule has 0 saturated carbocycles. The highest BCUT2D eigenvalue weighted by Crippen LogP contribution is 2.16. The van der Waals surface area contributed by atoms with E-state index >= 15 is 0 Å². The zero-order valence-corrected chi connectivity index (χ0v) is 10.6. The van der Waals surface area contributed by atoms with Crippen molar-refractivity contribution >= 4 is 29.0 Å². The van der Waals surface area contributed by atoms with Crippen LogP contribution in [0.3, 0.4) is 0 Å². The van der Waals surface area contributed by atoms with Crippen molar-refractivity contribution < 1.29 is 4.79 Å². The van der Waals surface area contributed by atoms with Crippen LogP contribution in [0.5, 0.6) is 0 Å². The SMILES string of the molecule is CCCSCC(=O)N(C)c1ccc(N)cc1. The van der Waals surface area contributed by atoms with Crippen molar-refractivity contribution in [3.05, 3.63) is 24.3 Å². The molecule has 0 spiro atoms. The smallest absolute Gasteiger partial charge is 0.236 e. The number of benzene rings is 1. The van der Waals surface area contributed by atoms with E-state index in [-0.39, 0.29) is 5.91 Å². The Kier molecular flexibility index (Phi) is 5.19. The number of nitrogen functional groups attached to an aromatic ring is 1. The van der Waals surface area contributed by atoms with Crippen LogP contribution < -0.4 is 10.6 Å². The first-order valence-electron chi connectivity index (χ1n) is 5.35. The van der Waals surface area contributed by atoms with Gasteiger partial charge in [0.05, 0.1) is 5.75 Å². The molecule has 0 aliphatic carbocycles. The molecule has 2 N–H and O–H groups in total. The zero-order valence-electron chi connectivity index (χ0n) is 9.77. The molecule has 88 valence electrons. The molecule has 0 fully saturated rings. The highest BCUT2D eigenvalue weighted by Gasteiger charge is 2.09. The lowest BCUT2D eigenvalue weighted by atomic mass is 10.2. The summed E-state index contributed by atoms with van der Waals surface area (Å²) >= 11 is 1.67. The van der Waals surface area contributed by atoms with Crippen molar-refractivity contribution in [3.8, 4) is 0 Å². The van der Waals surface area contributed by atoms with Crippen molar-refractivity contribution in [3.63, 3.8) is 0 Å². The molecule has 0 atom stereocenters. The number of amides is 1. The van der Waals surface area contributed by atoms with Gasteiger partial charge in [-0.1, -0.05) is 6.92 Å². The van der Waals surface area contributed by atoms with Crippen LogP contribution >= 0.6 is 11.8 Å². The number of hydrogen-bond acceptors (Lipinski definition) is 3. The summed E-state index contributed by atoms with van der Waals surface area (Å²) in [4.78, 5) is 13.4. The minimum atomic E-state index is 0.128. The number of carbonyl (C=O) groups excluding carboxylic acids is 1. The topological polar surface area (TPSA) is 46.3 Å². The highest BCUT2D eigenvalue weighted by molar-refractivity contribution is 7.99. The van der Waals surface area contributed by atoms with Crippen molar-refractivity contribution in [2.75, 3.05) is 29.2 Å². The average Bonchev–Trinajstić information content (AvgIpc) is 2.29. The van der Waals surface area contributed by atoms with Crippen molar-refractivity contribution in [2.45, 2.75) is 13.3 Å². The molecular weight excluding hydrogens is 220 g/mol. The molecule has 0 aromatic heterocycles. The summed E-state index contributed by atoms with van der Waals surface area (Å²) < 4.78 is 0. The normalized spacial score (nSPS) is 10.1. The fraction of sp³-hybridized carbons (Fsp3) is 0.417. The second-order valence-electron chi connectivity index (χ2n) is 3.60. The lowest BCUT2D eigenvalue weighted by Gasteiger charge is -2.17. The number of hydrogen-bond donors (Lipinski definition) is 1. The molecule has 1 rings (SSSR count). The Balaban J connectivity index is 2.53. The summed E-state index contributed by atoms with van der Waals surface area (Å²) in [5.41, 5.74) is 7.19. The van der Waals surface area contributed by atoms with Gasteiger partial charge in [-0.3, -0.25) is 4.79 Å². The predicted octanol–water partition coefficient (Wildman–Crippen LogP) is 2.37. The highest BCUT2D eigenvalue weighted by atomic mass is 32.2. The van der Waals surface area contributed by atoms with E-state index < -0.39 is 0 Å². The molecule has 0 aliphatic heterocycles. The lowest BCUT2D eigenvalue weighted by molar-refractivity contribution is -0.115. The van der Waals surface area contributed by atoms with E-state index in [2.05, 4.69) is 6.92 Å². The fourth-order valence-corrected chi connectivity index (χ4v) is 2.04. The van der Waals surface area contributed by atoms with Crippen molar-refractivity contribution in [1.29, 1.82) is 0 Å². The maximum absolute atomic E-state index is 11.8. The largest absolute Gasteiger partial charge is 0.399 e. The summed E-state index contributed by atoms with van der Waals surface area (Å²) in [6.07, 6.45) is 1.10. The summed E-state index contributed by atoms with van der Waals surface area (Å²) in [5.74, 6) is 1.69. The van der Waals surface area contributed by atoms with Gasteiger partial charge in [0.15, 0.2) is 0 Å². The molecule has 1 aromatic carbocycles. The second-order valence-corrected chi connectivity index (χ2v) is 4.70. The third-order valence-electron chi connectivity index (χ3n) is 2.23. The van der Waals surface area contributed by atoms with Crippen LogP contribution in [0.25, 0.3) is 0 Å². The van der Waals surface area contributed by atoms with Crippen LogP contribution in [0.1, 0.15) is 13.3 Å². The van der Waals surface area contributed by atoms with Crippen LogP contribution in [0, 0.1) is 0 Å². The summed E-state index contributed by atoms with van der Waals surface area (Å²) in [7, 11) is 1.79. The van der Waals surface area contributed by atoms with E-state index in [4.69, 9.17) is 5.73 Å². The lowest BCUT2D eigenvalue weighted by Crippen LogP contribution is -2.27. The quantitative estimate of drug-likeness (QED) is 0.633. The summed E-state index contributed by atoms with van der Waals surface area (Å²) in [6.45, 7) is 2.11. The first-order chi connectivity index (χ1) is 7.65. The summed E-state index contributed by atoms with van der Waals surface area (Å²) in [5, 5.41) is 0. The van der Waals surface area contributed by atoms with Crippen LogP contribution in [0.4, 0.5) is 11.4 Å². The molecule has 0 unspecified atom stereocenters. The van der Waals surface area contributed by atoms with Crippen LogP contribution in [0.15, 0.2) is 24.3 Å². The van der Waals surface area contributed by atoms with Gasteiger partial charge in [0, 0.05) is 18.4 Å². The van der Waals surface area contributed by atoms with E-state index in [0.29, 0.717) is 11.4 Å². The van der Waals surface area contributed by atoms with Crippen molar-refractivity contribution in [1.82, 2.24) is 0 Å². The number of thioether (sulfide) groups is 1. The standard InChI is InChI=1S/C12H18N2OS/c1-3-8-16-9-12(15)14(2)11-6-4-10(13)5-7-11/h4-7H,3,8-9,13H2,1-2H3. The number of nitrogens with zero attached hydrogens (tertiary/aromatic N) is 1. The van der Waals surface area contributed by atoms with E-state index in [1.54, 1.807) is 35.8 Å². The first kappa shape index (κ1) is 12.9. The fourth-order valence-electron chi connectivity index (χ4n) is 1.24. The number of carbonyl (C=O) groups is 1. The Hall–Kier alpha value is -1.16. The second kappa shape index (κ2) is 6.43. The summed E-state index contributed by atoms with van der Waals surface area (Å²) in [6, 6.07) is 7.33. The maximum Gasteiger partial charge on any atom is 0.236 e.